The van der Waals surface area contributed by atoms with Gasteiger partial charge in [-0.05, 0) is 11.6 Å². The summed E-state index contributed by atoms with van der Waals surface area (Å²) in [5, 5.41) is 8.63. The number of pyridine rings is 1. The van der Waals surface area contributed by atoms with E-state index in [0.717, 1.165) is 0 Å². The Morgan fingerprint density at radius 3 is 3.06 bits per heavy atom. The summed E-state index contributed by atoms with van der Waals surface area (Å²) in [4.78, 5) is 24.3. The minimum absolute atomic E-state index is 0.0419. The fourth-order valence-electron chi connectivity index (χ4n) is 1.05. The van der Waals surface area contributed by atoms with Crippen LogP contribution in [0.3, 0.4) is 0 Å². The molecule has 1 rings (SSSR count). The maximum Gasteiger partial charge on any atom is 0.309 e. The van der Waals surface area contributed by atoms with Gasteiger partial charge in [-0.2, -0.15) is 5.26 Å². The molecule has 16 heavy (non-hydrogen) atoms. The second-order valence-corrected chi connectivity index (χ2v) is 2.97. The number of H-pyrrole nitrogens is 1. The van der Waals surface area contributed by atoms with Crippen LogP contribution >= 0.6 is 0 Å². The lowest BCUT2D eigenvalue weighted by Crippen LogP contribution is -2.08. The number of hydrogen-bond donors (Lipinski definition) is 1. The summed E-state index contributed by atoms with van der Waals surface area (Å²) in [6.07, 6.45) is 4.85. The average molecular weight is 218 g/mol. The Labute approximate surface area is 92.0 Å². The third-order valence-electron chi connectivity index (χ3n) is 1.87. The van der Waals surface area contributed by atoms with Crippen molar-refractivity contribution in [3.8, 4) is 6.07 Å². The Morgan fingerprint density at radius 2 is 2.44 bits per heavy atom. The Balaban J connectivity index is 2.79. The minimum Gasteiger partial charge on any atom is -0.469 e. The Bertz CT molecular complexity index is 509. The first-order valence-electron chi connectivity index (χ1n) is 4.53. The second kappa shape index (κ2) is 5.51. The van der Waals surface area contributed by atoms with E-state index in [0.29, 0.717) is 5.56 Å². The first-order chi connectivity index (χ1) is 7.67. The van der Waals surface area contributed by atoms with Crippen molar-refractivity contribution >= 4 is 12.0 Å². The maximum absolute atomic E-state index is 11.1. The lowest BCUT2D eigenvalue weighted by atomic mass is 10.2. The molecule has 0 aliphatic rings. The van der Waals surface area contributed by atoms with E-state index in [2.05, 4.69) is 9.72 Å². The van der Waals surface area contributed by atoms with Gasteiger partial charge in [0.1, 0.15) is 11.6 Å². The monoisotopic (exact) mass is 218 g/mol. The van der Waals surface area contributed by atoms with Crippen LogP contribution in [-0.4, -0.2) is 18.1 Å². The van der Waals surface area contributed by atoms with E-state index in [-0.39, 0.29) is 18.0 Å². The standard InChI is InChI=1S/C11H10N2O3/c1-16-10(14)4-2-3-8-5-9(6-12)11(15)13-7-8/h2-3,5,7H,4H2,1H3,(H,13,15). The van der Waals surface area contributed by atoms with Crippen LogP contribution in [0.4, 0.5) is 0 Å². The van der Waals surface area contributed by atoms with Gasteiger partial charge in [0, 0.05) is 6.20 Å². The third kappa shape index (κ3) is 3.10. The van der Waals surface area contributed by atoms with Crippen molar-refractivity contribution in [2.24, 2.45) is 0 Å². The van der Waals surface area contributed by atoms with Gasteiger partial charge < -0.3 is 9.72 Å². The molecule has 0 bridgehead atoms. The van der Waals surface area contributed by atoms with E-state index < -0.39 is 5.56 Å². The lowest BCUT2D eigenvalue weighted by Gasteiger charge is -1.94. The van der Waals surface area contributed by atoms with Gasteiger partial charge in [-0.3, -0.25) is 9.59 Å². The van der Waals surface area contributed by atoms with Crippen molar-refractivity contribution in [3.05, 3.63) is 39.8 Å². The topological polar surface area (TPSA) is 83.0 Å². The molecule has 1 heterocycles. The number of ether oxygens (including phenoxy) is 1. The predicted molar refractivity (Wildman–Crippen MR) is 57.4 cm³/mol. The first kappa shape index (κ1) is 11.7. The van der Waals surface area contributed by atoms with Crippen LogP contribution in [0.25, 0.3) is 6.08 Å². The Hall–Kier alpha value is -2.35. The van der Waals surface area contributed by atoms with Gasteiger partial charge in [0.05, 0.1) is 13.5 Å². The second-order valence-electron chi connectivity index (χ2n) is 2.97. The molecule has 82 valence electrons. The molecule has 0 atom stereocenters. The number of nitrogens with one attached hydrogen (secondary N) is 1. The molecular formula is C11H10N2O3. The molecule has 5 heteroatoms. The summed E-state index contributed by atoms with van der Waals surface area (Å²) in [7, 11) is 1.31. The fraction of sp³-hybridized carbons (Fsp3) is 0.182. The highest BCUT2D eigenvalue weighted by molar-refractivity contribution is 5.72. The van der Waals surface area contributed by atoms with Crippen LogP contribution in [0, 0.1) is 11.3 Å². The van der Waals surface area contributed by atoms with E-state index in [1.54, 1.807) is 18.2 Å². The maximum atomic E-state index is 11.1. The molecule has 0 saturated carbocycles. The highest BCUT2D eigenvalue weighted by atomic mass is 16.5. The SMILES string of the molecule is COC(=O)CC=Cc1c[nH]c(=O)c(C#N)c1. The average Bonchev–Trinajstić information content (AvgIpc) is 2.31. The van der Waals surface area contributed by atoms with Crippen molar-refractivity contribution < 1.29 is 9.53 Å². The minimum atomic E-state index is -0.424. The molecular weight excluding hydrogens is 208 g/mol. The molecule has 0 fully saturated rings. The van der Waals surface area contributed by atoms with Gasteiger partial charge in [-0.15, -0.1) is 0 Å². The zero-order chi connectivity index (χ0) is 12.0. The number of aromatic amines is 1. The van der Waals surface area contributed by atoms with Crippen LogP contribution in [0.15, 0.2) is 23.1 Å². The molecule has 0 saturated heterocycles. The van der Waals surface area contributed by atoms with Gasteiger partial charge in [-0.1, -0.05) is 12.2 Å². The predicted octanol–water partition coefficient (Wildman–Crippen LogP) is 0.823. The van der Waals surface area contributed by atoms with Crippen molar-refractivity contribution in [3.63, 3.8) is 0 Å². The summed E-state index contributed by atoms with van der Waals surface area (Å²) in [6, 6.07) is 3.23. The molecule has 0 spiro atoms. The number of aromatic nitrogens is 1. The Morgan fingerprint density at radius 1 is 1.69 bits per heavy atom. The lowest BCUT2D eigenvalue weighted by molar-refractivity contribution is -0.139. The largest absolute Gasteiger partial charge is 0.469 e. The van der Waals surface area contributed by atoms with E-state index >= 15 is 0 Å². The van der Waals surface area contributed by atoms with Crippen LogP contribution < -0.4 is 5.56 Å². The van der Waals surface area contributed by atoms with Gasteiger partial charge >= 0.3 is 5.97 Å². The number of esters is 1. The molecule has 5 nitrogen and oxygen atoms in total. The highest BCUT2D eigenvalue weighted by Crippen LogP contribution is 2.01. The molecule has 1 aromatic heterocycles. The number of hydrogen-bond acceptors (Lipinski definition) is 4. The van der Waals surface area contributed by atoms with E-state index in [9.17, 15) is 9.59 Å². The van der Waals surface area contributed by atoms with Crippen LogP contribution in [0.5, 0.6) is 0 Å². The van der Waals surface area contributed by atoms with Crippen molar-refractivity contribution in [2.45, 2.75) is 6.42 Å². The van der Waals surface area contributed by atoms with Crippen LogP contribution in [0.2, 0.25) is 0 Å². The van der Waals surface area contributed by atoms with E-state index in [1.165, 1.54) is 19.4 Å². The van der Waals surface area contributed by atoms with Gasteiger partial charge in [0.2, 0.25) is 0 Å². The summed E-state index contributed by atoms with van der Waals surface area (Å²) in [5.41, 5.74) is 0.271. The van der Waals surface area contributed by atoms with Crippen molar-refractivity contribution in [2.75, 3.05) is 7.11 Å². The molecule has 0 aliphatic heterocycles. The van der Waals surface area contributed by atoms with Crippen molar-refractivity contribution in [1.82, 2.24) is 4.98 Å². The number of nitriles is 1. The summed E-state index contributed by atoms with van der Waals surface area (Å²) >= 11 is 0. The summed E-state index contributed by atoms with van der Waals surface area (Å²) < 4.78 is 4.45. The zero-order valence-electron chi connectivity index (χ0n) is 8.69. The third-order valence-corrected chi connectivity index (χ3v) is 1.87. The van der Waals surface area contributed by atoms with E-state index in [4.69, 9.17) is 5.26 Å². The van der Waals surface area contributed by atoms with Gasteiger partial charge in [-0.25, -0.2) is 0 Å². The van der Waals surface area contributed by atoms with Crippen LogP contribution in [0.1, 0.15) is 17.5 Å². The van der Waals surface area contributed by atoms with Gasteiger partial charge in [0.15, 0.2) is 0 Å². The number of nitrogens with zero attached hydrogens (tertiary/aromatic N) is 1. The molecule has 1 N–H and O–H groups in total. The zero-order valence-corrected chi connectivity index (χ0v) is 8.69. The molecule has 0 amide bonds. The quantitative estimate of drug-likeness (QED) is 0.761. The summed E-state index contributed by atoms with van der Waals surface area (Å²) in [5.74, 6) is -0.346. The number of carbonyl (C=O) groups is 1. The number of rotatable bonds is 3. The smallest absolute Gasteiger partial charge is 0.309 e. The molecule has 0 radical (unpaired) electrons. The first-order valence-corrected chi connectivity index (χ1v) is 4.53. The van der Waals surface area contributed by atoms with Crippen LogP contribution in [-0.2, 0) is 9.53 Å². The van der Waals surface area contributed by atoms with E-state index in [1.807, 2.05) is 0 Å². The van der Waals surface area contributed by atoms with Crippen molar-refractivity contribution in [1.29, 1.82) is 5.26 Å². The molecule has 1 aromatic rings. The highest BCUT2D eigenvalue weighted by Gasteiger charge is 1.98. The van der Waals surface area contributed by atoms with Gasteiger partial charge in [0.25, 0.3) is 5.56 Å². The molecule has 0 aromatic carbocycles. The number of methoxy groups -OCH3 is 1. The summed E-state index contributed by atoms with van der Waals surface area (Å²) in [6.45, 7) is 0. The molecule has 0 unspecified atom stereocenters. The Kier molecular flexibility index (Phi) is 4.04. The molecule has 0 aliphatic carbocycles. The number of carbonyl (C=O) groups excluding carboxylic acids is 1. The normalized spacial score (nSPS) is 10.0. The fourth-order valence-corrected chi connectivity index (χ4v) is 1.05.